The second-order valence-corrected chi connectivity index (χ2v) is 3.35. The Hall–Kier alpha value is -1.39. The van der Waals surface area contributed by atoms with E-state index in [4.69, 9.17) is 5.11 Å². The first kappa shape index (κ1) is 8.22. The van der Waals surface area contributed by atoms with E-state index in [0.29, 0.717) is 6.42 Å². The summed E-state index contributed by atoms with van der Waals surface area (Å²) in [6.07, 6.45) is 5.50. The van der Waals surface area contributed by atoms with Crippen LogP contribution in [0.4, 0.5) is 0 Å². The molecule has 0 aromatic carbocycles. The molecule has 1 aromatic heterocycles. The van der Waals surface area contributed by atoms with Gasteiger partial charge in [0.25, 0.3) is 0 Å². The van der Waals surface area contributed by atoms with Gasteiger partial charge in [-0.05, 0) is 19.3 Å². The normalized spacial score (nSPS) is 27.7. The summed E-state index contributed by atoms with van der Waals surface area (Å²) in [6, 6.07) is 0.177. The largest absolute Gasteiger partial charge is 0.481 e. The summed E-state index contributed by atoms with van der Waals surface area (Å²) >= 11 is 0. The Labute approximate surface area is 75.4 Å². The fourth-order valence-corrected chi connectivity index (χ4v) is 1.81. The van der Waals surface area contributed by atoms with Crippen molar-refractivity contribution in [2.45, 2.75) is 25.3 Å². The minimum absolute atomic E-state index is 0.177. The molecule has 0 aliphatic heterocycles. The first-order chi connectivity index (χ1) is 6.27. The van der Waals surface area contributed by atoms with Gasteiger partial charge in [-0.3, -0.25) is 4.79 Å². The molecule has 1 aromatic rings. The lowest BCUT2D eigenvalue weighted by molar-refractivity contribution is -0.141. The van der Waals surface area contributed by atoms with Gasteiger partial charge in [0.1, 0.15) is 0 Å². The molecule has 1 fully saturated rings. The topological polar surface area (TPSA) is 68.0 Å². The predicted molar refractivity (Wildman–Crippen MR) is 44.0 cm³/mol. The van der Waals surface area contributed by atoms with Crippen LogP contribution >= 0.6 is 0 Å². The van der Waals surface area contributed by atoms with Gasteiger partial charge in [-0.15, -0.1) is 0 Å². The van der Waals surface area contributed by atoms with Gasteiger partial charge in [0, 0.05) is 0 Å². The number of rotatable bonds is 2. The van der Waals surface area contributed by atoms with E-state index in [-0.39, 0.29) is 12.0 Å². The number of carboxylic acids is 1. The molecule has 0 saturated heterocycles. The number of aromatic nitrogens is 3. The van der Waals surface area contributed by atoms with Crippen LogP contribution in [-0.4, -0.2) is 26.1 Å². The Kier molecular flexibility index (Phi) is 2.00. The average Bonchev–Trinajstić information content (AvgIpc) is 2.75. The molecule has 0 bridgehead atoms. The molecule has 0 amide bonds. The highest BCUT2D eigenvalue weighted by molar-refractivity contribution is 5.70. The summed E-state index contributed by atoms with van der Waals surface area (Å²) in [4.78, 5) is 12.3. The summed E-state index contributed by atoms with van der Waals surface area (Å²) in [5.41, 5.74) is 0. The van der Waals surface area contributed by atoms with E-state index in [1.165, 1.54) is 0 Å². The Bertz CT molecular complexity index is 296. The van der Waals surface area contributed by atoms with Crippen LogP contribution in [0.15, 0.2) is 12.4 Å². The van der Waals surface area contributed by atoms with Gasteiger partial charge in [0.2, 0.25) is 0 Å². The quantitative estimate of drug-likeness (QED) is 0.729. The van der Waals surface area contributed by atoms with Gasteiger partial charge < -0.3 is 5.11 Å². The third-order valence-electron chi connectivity index (χ3n) is 2.52. The van der Waals surface area contributed by atoms with Crippen molar-refractivity contribution in [1.82, 2.24) is 15.0 Å². The maximum atomic E-state index is 10.7. The molecule has 1 saturated carbocycles. The molecular weight excluding hydrogens is 170 g/mol. The molecule has 2 atom stereocenters. The average molecular weight is 181 g/mol. The van der Waals surface area contributed by atoms with Crippen molar-refractivity contribution in [3.05, 3.63) is 12.4 Å². The van der Waals surface area contributed by atoms with Crippen LogP contribution in [0.2, 0.25) is 0 Å². The Morgan fingerprint density at radius 2 is 2.08 bits per heavy atom. The smallest absolute Gasteiger partial charge is 0.306 e. The molecule has 5 heteroatoms. The van der Waals surface area contributed by atoms with Crippen LogP contribution < -0.4 is 0 Å². The highest BCUT2D eigenvalue weighted by Gasteiger charge is 2.31. The van der Waals surface area contributed by atoms with E-state index in [1.807, 2.05) is 0 Å². The second-order valence-electron chi connectivity index (χ2n) is 3.35. The van der Waals surface area contributed by atoms with E-state index in [2.05, 4.69) is 10.2 Å². The van der Waals surface area contributed by atoms with E-state index in [0.717, 1.165) is 12.8 Å². The minimum atomic E-state index is -0.699. The van der Waals surface area contributed by atoms with Gasteiger partial charge >= 0.3 is 5.97 Å². The van der Waals surface area contributed by atoms with Crippen molar-refractivity contribution in [3.8, 4) is 0 Å². The van der Waals surface area contributed by atoms with Crippen molar-refractivity contribution >= 4 is 5.97 Å². The Morgan fingerprint density at radius 3 is 2.62 bits per heavy atom. The van der Waals surface area contributed by atoms with Crippen LogP contribution in [0, 0.1) is 5.92 Å². The molecular formula is C8H11N3O2. The molecule has 1 N–H and O–H groups in total. The van der Waals surface area contributed by atoms with Crippen LogP contribution in [0.25, 0.3) is 0 Å². The second kappa shape index (κ2) is 3.16. The van der Waals surface area contributed by atoms with Crippen molar-refractivity contribution in [2.24, 2.45) is 5.92 Å². The lowest BCUT2D eigenvalue weighted by Crippen LogP contribution is -2.12. The van der Waals surface area contributed by atoms with Gasteiger partial charge in [0.15, 0.2) is 0 Å². The molecule has 70 valence electrons. The van der Waals surface area contributed by atoms with Gasteiger partial charge in [0.05, 0.1) is 24.4 Å². The minimum Gasteiger partial charge on any atom is -0.481 e. The fourth-order valence-electron chi connectivity index (χ4n) is 1.81. The van der Waals surface area contributed by atoms with Gasteiger partial charge in [-0.2, -0.15) is 15.0 Å². The van der Waals surface area contributed by atoms with E-state index in [9.17, 15) is 4.79 Å². The van der Waals surface area contributed by atoms with Gasteiger partial charge in [-0.1, -0.05) is 0 Å². The number of carbonyl (C=O) groups is 1. The van der Waals surface area contributed by atoms with Gasteiger partial charge in [-0.25, -0.2) is 0 Å². The zero-order valence-electron chi connectivity index (χ0n) is 7.13. The number of carboxylic acid groups (broad SMARTS) is 1. The Morgan fingerprint density at radius 1 is 1.38 bits per heavy atom. The lowest BCUT2D eigenvalue weighted by Gasteiger charge is -2.07. The number of aliphatic carboxylic acids is 1. The third-order valence-corrected chi connectivity index (χ3v) is 2.52. The zero-order chi connectivity index (χ0) is 9.26. The molecule has 5 nitrogen and oxygen atoms in total. The van der Waals surface area contributed by atoms with Crippen LogP contribution in [0.3, 0.4) is 0 Å². The van der Waals surface area contributed by atoms with Crippen molar-refractivity contribution in [3.63, 3.8) is 0 Å². The fraction of sp³-hybridized carbons (Fsp3) is 0.625. The predicted octanol–water partition coefficient (Wildman–Crippen LogP) is 0.704. The maximum absolute atomic E-state index is 10.7. The summed E-state index contributed by atoms with van der Waals surface area (Å²) in [7, 11) is 0. The first-order valence-electron chi connectivity index (χ1n) is 4.36. The summed E-state index contributed by atoms with van der Waals surface area (Å²) in [5, 5.41) is 16.8. The SMILES string of the molecule is O=C(O)C1CCC(n2nccn2)C1. The number of nitrogens with zero attached hydrogens (tertiary/aromatic N) is 3. The number of hydrogen-bond donors (Lipinski definition) is 1. The standard InChI is InChI=1S/C8H11N3O2/c12-8(13)6-1-2-7(5-6)11-9-3-4-10-11/h3-4,6-7H,1-2,5H2,(H,12,13). The zero-order valence-corrected chi connectivity index (χ0v) is 7.13. The molecule has 0 radical (unpaired) electrons. The van der Waals surface area contributed by atoms with Crippen molar-refractivity contribution < 1.29 is 9.90 Å². The van der Waals surface area contributed by atoms with E-state index in [1.54, 1.807) is 17.2 Å². The van der Waals surface area contributed by atoms with E-state index >= 15 is 0 Å². The molecule has 1 aliphatic carbocycles. The highest BCUT2D eigenvalue weighted by Crippen LogP contribution is 2.33. The molecule has 0 spiro atoms. The number of hydrogen-bond acceptors (Lipinski definition) is 3. The molecule has 2 rings (SSSR count). The van der Waals surface area contributed by atoms with Crippen molar-refractivity contribution in [1.29, 1.82) is 0 Å². The van der Waals surface area contributed by atoms with Crippen LogP contribution in [-0.2, 0) is 4.79 Å². The summed E-state index contributed by atoms with van der Waals surface area (Å²) in [6.45, 7) is 0. The monoisotopic (exact) mass is 181 g/mol. The van der Waals surface area contributed by atoms with Crippen LogP contribution in [0.1, 0.15) is 25.3 Å². The first-order valence-corrected chi connectivity index (χ1v) is 4.36. The maximum Gasteiger partial charge on any atom is 0.306 e. The highest BCUT2D eigenvalue weighted by atomic mass is 16.4. The van der Waals surface area contributed by atoms with Crippen LogP contribution in [0.5, 0.6) is 0 Å². The lowest BCUT2D eigenvalue weighted by atomic mass is 10.1. The molecule has 13 heavy (non-hydrogen) atoms. The molecule has 1 aliphatic rings. The molecule has 2 unspecified atom stereocenters. The summed E-state index contributed by atoms with van der Waals surface area (Å²) < 4.78 is 0. The summed E-state index contributed by atoms with van der Waals surface area (Å²) in [5.74, 6) is -0.911. The molecule has 1 heterocycles. The third kappa shape index (κ3) is 1.54. The van der Waals surface area contributed by atoms with Crippen molar-refractivity contribution in [2.75, 3.05) is 0 Å². The van der Waals surface area contributed by atoms with E-state index < -0.39 is 5.97 Å². The Balaban J connectivity index is 2.03.